The topological polar surface area (TPSA) is 66.5 Å². The smallest absolute Gasteiger partial charge is 0.224 e. The van der Waals surface area contributed by atoms with Gasteiger partial charge in [-0.2, -0.15) is 0 Å². The second-order valence-corrected chi connectivity index (χ2v) is 7.70. The van der Waals surface area contributed by atoms with Gasteiger partial charge in [-0.25, -0.2) is 17.1 Å². The molecule has 1 saturated heterocycles. The first kappa shape index (κ1) is 16.9. The third-order valence-electron chi connectivity index (χ3n) is 3.87. The Morgan fingerprint density at radius 1 is 1.45 bits per heavy atom. The minimum Gasteiger partial charge on any atom is -0.352 e. The van der Waals surface area contributed by atoms with Gasteiger partial charge < -0.3 is 5.32 Å². The van der Waals surface area contributed by atoms with E-state index in [-0.39, 0.29) is 36.5 Å². The van der Waals surface area contributed by atoms with E-state index in [1.165, 1.54) is 16.4 Å². The normalized spacial score (nSPS) is 19.8. The van der Waals surface area contributed by atoms with Crippen molar-refractivity contribution in [3.63, 3.8) is 0 Å². The predicted octanol–water partition coefficient (Wildman–Crippen LogP) is 1.50. The maximum absolute atomic E-state index is 13.1. The first-order valence-corrected chi connectivity index (χ1v) is 9.03. The van der Waals surface area contributed by atoms with Crippen molar-refractivity contribution in [2.45, 2.75) is 26.3 Å². The Hall–Kier alpha value is -1.47. The highest BCUT2D eigenvalue weighted by Gasteiger charge is 2.31. The Labute approximate surface area is 130 Å². The summed E-state index contributed by atoms with van der Waals surface area (Å²) in [5, 5.41) is 2.76. The van der Waals surface area contributed by atoms with Crippen LogP contribution in [-0.2, 0) is 21.4 Å². The summed E-state index contributed by atoms with van der Waals surface area (Å²) in [5.74, 6) is -0.821. The summed E-state index contributed by atoms with van der Waals surface area (Å²) >= 11 is 0. The van der Waals surface area contributed by atoms with Gasteiger partial charge in [0.05, 0.1) is 11.7 Å². The van der Waals surface area contributed by atoms with E-state index >= 15 is 0 Å². The fourth-order valence-electron chi connectivity index (χ4n) is 2.57. The summed E-state index contributed by atoms with van der Waals surface area (Å²) < 4.78 is 38.3. The zero-order valence-corrected chi connectivity index (χ0v) is 13.4. The van der Waals surface area contributed by atoms with Crippen LogP contribution in [0.2, 0.25) is 0 Å². The SMILES string of the molecule is CCS(=O)(=O)N1CCCC(C(=O)NCc2cccc(F)c2)C1. The molecule has 0 saturated carbocycles. The molecule has 0 spiro atoms. The number of sulfonamides is 1. The van der Waals surface area contributed by atoms with Gasteiger partial charge in [-0.15, -0.1) is 0 Å². The largest absolute Gasteiger partial charge is 0.352 e. The Balaban J connectivity index is 1.92. The second kappa shape index (κ2) is 7.19. The van der Waals surface area contributed by atoms with Crippen molar-refractivity contribution in [2.75, 3.05) is 18.8 Å². The molecule has 22 heavy (non-hydrogen) atoms. The van der Waals surface area contributed by atoms with E-state index in [0.717, 1.165) is 0 Å². The Bertz CT molecular complexity index is 633. The van der Waals surface area contributed by atoms with E-state index in [4.69, 9.17) is 0 Å². The van der Waals surface area contributed by atoms with E-state index in [1.807, 2.05) is 0 Å². The fourth-order valence-corrected chi connectivity index (χ4v) is 3.75. The average molecular weight is 328 g/mol. The van der Waals surface area contributed by atoms with Crippen molar-refractivity contribution in [3.8, 4) is 0 Å². The van der Waals surface area contributed by atoms with Crippen LogP contribution in [0, 0.1) is 11.7 Å². The lowest BCUT2D eigenvalue weighted by atomic mass is 9.99. The molecule has 5 nitrogen and oxygen atoms in total. The Morgan fingerprint density at radius 3 is 2.91 bits per heavy atom. The van der Waals surface area contributed by atoms with Gasteiger partial charge in [-0.1, -0.05) is 12.1 Å². The van der Waals surface area contributed by atoms with Crippen LogP contribution in [-0.4, -0.2) is 37.5 Å². The summed E-state index contributed by atoms with van der Waals surface area (Å²) in [4.78, 5) is 12.2. The number of piperidine rings is 1. The summed E-state index contributed by atoms with van der Waals surface area (Å²) in [5.41, 5.74) is 0.683. The molecule has 1 atom stereocenters. The maximum atomic E-state index is 13.1. The van der Waals surface area contributed by atoms with Crippen LogP contribution >= 0.6 is 0 Å². The number of nitrogens with zero attached hydrogens (tertiary/aromatic N) is 1. The number of hydrogen-bond donors (Lipinski definition) is 1. The number of nitrogens with one attached hydrogen (secondary N) is 1. The van der Waals surface area contributed by atoms with Gasteiger partial charge in [-0.05, 0) is 37.5 Å². The van der Waals surface area contributed by atoms with Gasteiger partial charge in [-0.3, -0.25) is 4.79 Å². The highest BCUT2D eigenvalue weighted by Crippen LogP contribution is 2.19. The predicted molar refractivity (Wildman–Crippen MR) is 82.0 cm³/mol. The van der Waals surface area contributed by atoms with Gasteiger partial charge in [0.15, 0.2) is 0 Å². The summed E-state index contributed by atoms with van der Waals surface area (Å²) in [6.45, 7) is 2.55. The molecule has 1 fully saturated rings. The third kappa shape index (κ3) is 4.27. The summed E-state index contributed by atoms with van der Waals surface area (Å²) in [6, 6.07) is 6.04. The molecule has 1 aliphatic rings. The molecular formula is C15H21FN2O3S. The highest BCUT2D eigenvalue weighted by molar-refractivity contribution is 7.89. The Morgan fingerprint density at radius 2 is 2.23 bits per heavy atom. The van der Waals surface area contributed by atoms with Crippen LogP contribution in [0.4, 0.5) is 4.39 Å². The third-order valence-corrected chi connectivity index (χ3v) is 5.72. The van der Waals surface area contributed by atoms with E-state index in [0.29, 0.717) is 24.9 Å². The molecule has 1 aromatic carbocycles. The van der Waals surface area contributed by atoms with Crippen LogP contribution in [0.5, 0.6) is 0 Å². The lowest BCUT2D eigenvalue weighted by molar-refractivity contribution is -0.126. The lowest BCUT2D eigenvalue weighted by Gasteiger charge is -2.30. The molecule has 7 heteroatoms. The number of rotatable bonds is 5. The zero-order chi connectivity index (χ0) is 16.2. The quantitative estimate of drug-likeness (QED) is 0.891. The van der Waals surface area contributed by atoms with Crippen molar-refractivity contribution in [2.24, 2.45) is 5.92 Å². The molecule has 1 aliphatic heterocycles. The number of amides is 1. The fraction of sp³-hybridized carbons (Fsp3) is 0.533. The average Bonchev–Trinajstić information content (AvgIpc) is 2.53. The van der Waals surface area contributed by atoms with Gasteiger partial charge in [0.1, 0.15) is 5.82 Å². The van der Waals surface area contributed by atoms with Gasteiger partial charge in [0.2, 0.25) is 15.9 Å². The van der Waals surface area contributed by atoms with Gasteiger partial charge in [0, 0.05) is 19.6 Å². The number of halogens is 1. The first-order valence-electron chi connectivity index (χ1n) is 7.42. The van der Waals surface area contributed by atoms with Crippen molar-refractivity contribution in [3.05, 3.63) is 35.6 Å². The molecule has 0 aliphatic carbocycles. The minimum atomic E-state index is -3.26. The lowest BCUT2D eigenvalue weighted by Crippen LogP contribution is -2.45. The van der Waals surface area contributed by atoms with E-state index < -0.39 is 10.0 Å². The molecule has 1 heterocycles. The molecule has 0 radical (unpaired) electrons. The molecular weight excluding hydrogens is 307 g/mol. The number of carbonyl (C=O) groups excluding carboxylic acids is 1. The molecule has 0 aromatic heterocycles. The van der Waals surface area contributed by atoms with Crippen molar-refractivity contribution < 1.29 is 17.6 Å². The molecule has 1 N–H and O–H groups in total. The molecule has 1 aromatic rings. The van der Waals surface area contributed by atoms with Crippen LogP contribution in [0.15, 0.2) is 24.3 Å². The molecule has 1 unspecified atom stereocenters. The van der Waals surface area contributed by atoms with Gasteiger partial charge in [0.25, 0.3) is 0 Å². The molecule has 122 valence electrons. The van der Waals surface area contributed by atoms with Crippen molar-refractivity contribution in [1.29, 1.82) is 0 Å². The first-order chi connectivity index (χ1) is 10.4. The molecule has 0 bridgehead atoms. The molecule has 1 amide bonds. The van der Waals surface area contributed by atoms with E-state index in [9.17, 15) is 17.6 Å². The van der Waals surface area contributed by atoms with Crippen LogP contribution < -0.4 is 5.32 Å². The summed E-state index contributed by atoms with van der Waals surface area (Å²) in [6.07, 6.45) is 1.35. The highest BCUT2D eigenvalue weighted by atomic mass is 32.2. The van der Waals surface area contributed by atoms with Crippen LogP contribution in [0.1, 0.15) is 25.3 Å². The van der Waals surface area contributed by atoms with Crippen LogP contribution in [0.25, 0.3) is 0 Å². The number of hydrogen-bond acceptors (Lipinski definition) is 3. The van der Waals surface area contributed by atoms with E-state index in [1.54, 1.807) is 19.1 Å². The number of benzene rings is 1. The van der Waals surface area contributed by atoms with Gasteiger partial charge >= 0.3 is 0 Å². The zero-order valence-electron chi connectivity index (χ0n) is 12.6. The maximum Gasteiger partial charge on any atom is 0.224 e. The standard InChI is InChI=1S/C15H21FN2O3S/c1-2-22(20,21)18-8-4-6-13(11-18)15(19)17-10-12-5-3-7-14(16)9-12/h3,5,7,9,13H,2,4,6,8,10-11H2,1H3,(H,17,19). The second-order valence-electron chi connectivity index (χ2n) is 5.45. The van der Waals surface area contributed by atoms with Crippen molar-refractivity contribution >= 4 is 15.9 Å². The monoisotopic (exact) mass is 328 g/mol. The minimum absolute atomic E-state index is 0.0463. The summed E-state index contributed by atoms with van der Waals surface area (Å²) in [7, 11) is -3.26. The molecule has 2 rings (SSSR count). The number of carbonyl (C=O) groups is 1. The van der Waals surface area contributed by atoms with Crippen molar-refractivity contribution in [1.82, 2.24) is 9.62 Å². The van der Waals surface area contributed by atoms with E-state index in [2.05, 4.69) is 5.32 Å². The Kier molecular flexibility index (Phi) is 5.52. The van der Waals surface area contributed by atoms with Crippen LogP contribution in [0.3, 0.4) is 0 Å².